The maximum absolute atomic E-state index is 13.7. The molecule has 160 valence electrons. The molecule has 0 bridgehead atoms. The third-order valence-electron chi connectivity index (χ3n) is 5.00. The molecule has 0 aliphatic heterocycles. The Labute approximate surface area is 186 Å². The molecule has 0 saturated carbocycles. The van der Waals surface area contributed by atoms with Crippen LogP contribution in [0.4, 0.5) is 0 Å². The molecule has 0 N–H and O–H groups in total. The first-order valence-corrected chi connectivity index (χ1v) is 13.8. The van der Waals surface area contributed by atoms with Crippen LogP contribution in [0.3, 0.4) is 0 Å². The predicted molar refractivity (Wildman–Crippen MR) is 123 cm³/mol. The second-order valence-corrected chi connectivity index (χ2v) is 11.6. The Hall–Kier alpha value is -1.85. The number of furan rings is 1. The summed E-state index contributed by atoms with van der Waals surface area (Å²) in [6, 6.07) is 20.8. The van der Waals surface area contributed by atoms with Gasteiger partial charge in [-0.25, -0.2) is 0 Å². The first-order valence-electron chi connectivity index (χ1n) is 10.3. The van der Waals surface area contributed by atoms with Crippen molar-refractivity contribution < 1.29 is 12.8 Å². The van der Waals surface area contributed by atoms with Gasteiger partial charge >= 0.3 is 187 Å². The summed E-state index contributed by atoms with van der Waals surface area (Å²) in [6.45, 7) is 4.56. The van der Waals surface area contributed by atoms with Crippen molar-refractivity contribution in [1.29, 1.82) is 0 Å². The number of hydrogen-bond donors (Lipinski definition) is 0. The zero-order valence-corrected chi connectivity index (χ0v) is 20.1. The SMILES string of the molecule is CCCC[C@H](c1ccco1)N(CC[Se]c1ccccc1)S(=O)(=O)c1ccc(C)cc1. The number of hydrogen-bond acceptors (Lipinski definition) is 3. The zero-order valence-electron chi connectivity index (χ0n) is 17.5. The van der Waals surface area contributed by atoms with E-state index in [-0.39, 0.29) is 21.0 Å². The molecule has 0 saturated heterocycles. The van der Waals surface area contributed by atoms with Gasteiger partial charge in [-0.1, -0.05) is 0 Å². The first kappa shape index (κ1) is 22.8. The number of nitrogens with zero attached hydrogens (tertiary/aromatic N) is 1. The van der Waals surface area contributed by atoms with Gasteiger partial charge < -0.3 is 0 Å². The van der Waals surface area contributed by atoms with Gasteiger partial charge in [0.15, 0.2) is 0 Å². The van der Waals surface area contributed by atoms with Crippen molar-refractivity contribution in [2.75, 3.05) is 6.54 Å². The Morgan fingerprint density at radius 3 is 2.37 bits per heavy atom. The van der Waals surface area contributed by atoms with Crippen LogP contribution >= 0.6 is 0 Å². The van der Waals surface area contributed by atoms with Gasteiger partial charge in [0, 0.05) is 0 Å². The summed E-state index contributed by atoms with van der Waals surface area (Å²) in [5, 5.41) is 0.811. The summed E-state index contributed by atoms with van der Waals surface area (Å²) >= 11 is 0.209. The second-order valence-electron chi connectivity index (χ2n) is 7.26. The van der Waals surface area contributed by atoms with Gasteiger partial charge in [0.25, 0.3) is 0 Å². The summed E-state index contributed by atoms with van der Waals surface area (Å²) in [6.07, 6.45) is 4.31. The number of unbranched alkanes of at least 4 members (excludes halogenated alkanes) is 1. The van der Waals surface area contributed by atoms with E-state index in [1.54, 1.807) is 22.7 Å². The average Bonchev–Trinajstić information content (AvgIpc) is 3.28. The van der Waals surface area contributed by atoms with Crippen molar-refractivity contribution in [3.63, 3.8) is 0 Å². The van der Waals surface area contributed by atoms with Gasteiger partial charge in [0.2, 0.25) is 0 Å². The van der Waals surface area contributed by atoms with Gasteiger partial charge in [-0.2, -0.15) is 0 Å². The topological polar surface area (TPSA) is 50.5 Å². The summed E-state index contributed by atoms with van der Waals surface area (Å²) in [5.74, 6) is 0.714. The van der Waals surface area contributed by atoms with E-state index in [0.717, 1.165) is 30.1 Å². The summed E-state index contributed by atoms with van der Waals surface area (Å²) in [4.78, 5) is 0.341. The summed E-state index contributed by atoms with van der Waals surface area (Å²) in [7, 11) is -3.64. The molecule has 30 heavy (non-hydrogen) atoms. The van der Waals surface area contributed by atoms with Crippen LogP contribution in [0.15, 0.2) is 82.3 Å². The van der Waals surface area contributed by atoms with E-state index in [9.17, 15) is 8.42 Å². The van der Waals surface area contributed by atoms with E-state index >= 15 is 0 Å². The van der Waals surface area contributed by atoms with Crippen LogP contribution < -0.4 is 4.46 Å². The molecule has 0 amide bonds. The average molecular weight is 491 g/mol. The molecule has 2 aromatic carbocycles. The number of sulfonamides is 1. The van der Waals surface area contributed by atoms with Crippen LogP contribution in [0, 0.1) is 6.92 Å². The second kappa shape index (κ2) is 11.0. The van der Waals surface area contributed by atoms with Crippen molar-refractivity contribution >= 4 is 29.4 Å². The van der Waals surface area contributed by atoms with Crippen LogP contribution in [0.25, 0.3) is 0 Å². The van der Waals surface area contributed by atoms with Crippen molar-refractivity contribution in [1.82, 2.24) is 4.31 Å². The molecule has 0 unspecified atom stereocenters. The molecule has 3 aromatic rings. The molecule has 0 fully saturated rings. The van der Waals surface area contributed by atoms with E-state index in [0.29, 0.717) is 17.2 Å². The molecule has 6 heteroatoms. The van der Waals surface area contributed by atoms with E-state index in [4.69, 9.17) is 4.42 Å². The van der Waals surface area contributed by atoms with E-state index in [1.165, 1.54) is 4.46 Å². The van der Waals surface area contributed by atoms with Crippen LogP contribution in [0.5, 0.6) is 0 Å². The van der Waals surface area contributed by atoms with Crippen molar-refractivity contribution in [3.8, 4) is 0 Å². The van der Waals surface area contributed by atoms with Gasteiger partial charge in [0.1, 0.15) is 0 Å². The minimum absolute atomic E-state index is 0.209. The Kier molecular flexibility index (Phi) is 8.34. The predicted octanol–water partition coefficient (Wildman–Crippen LogP) is 4.96. The quantitative estimate of drug-likeness (QED) is 0.357. The fourth-order valence-corrected chi connectivity index (χ4v) is 7.09. The minimum atomic E-state index is -3.64. The molecule has 1 aromatic heterocycles. The molecule has 1 atom stereocenters. The molecular formula is C24H29NO3SSe. The summed E-state index contributed by atoms with van der Waals surface area (Å²) < 4.78 is 36.0. The Morgan fingerprint density at radius 2 is 1.73 bits per heavy atom. The molecule has 0 aliphatic carbocycles. The molecule has 0 radical (unpaired) electrons. The van der Waals surface area contributed by atoms with Crippen LogP contribution in [0.2, 0.25) is 5.32 Å². The van der Waals surface area contributed by atoms with Crippen LogP contribution in [-0.2, 0) is 10.0 Å². The third-order valence-corrected chi connectivity index (χ3v) is 9.01. The van der Waals surface area contributed by atoms with Gasteiger partial charge in [-0.15, -0.1) is 0 Å². The van der Waals surface area contributed by atoms with E-state index in [2.05, 4.69) is 19.1 Å². The van der Waals surface area contributed by atoms with E-state index in [1.807, 2.05) is 49.4 Å². The van der Waals surface area contributed by atoms with Crippen LogP contribution in [-0.4, -0.2) is 34.2 Å². The first-order chi connectivity index (χ1) is 14.5. The third kappa shape index (κ3) is 5.85. The van der Waals surface area contributed by atoms with Gasteiger partial charge in [0.05, 0.1) is 0 Å². The fraction of sp³-hybridized carbons (Fsp3) is 0.333. The molecule has 0 aliphatic rings. The zero-order chi connectivity index (χ0) is 21.4. The van der Waals surface area contributed by atoms with Crippen molar-refractivity contribution in [2.24, 2.45) is 0 Å². The molecule has 0 spiro atoms. The monoisotopic (exact) mass is 491 g/mol. The van der Waals surface area contributed by atoms with Gasteiger partial charge in [-0.3, -0.25) is 0 Å². The summed E-state index contributed by atoms with van der Waals surface area (Å²) in [5.41, 5.74) is 1.04. The maximum atomic E-state index is 13.7. The molecule has 3 rings (SSSR count). The number of aryl methyl sites for hydroxylation is 1. The number of rotatable bonds is 11. The standard InChI is InChI=1S/C24H29NO3SSe/c1-3-4-11-23(24-12-8-18-28-24)25(17-19-30-22-9-6-5-7-10-22)29(26,27)21-15-13-20(2)14-16-21/h5-10,12-16,18,23H,3-4,11,17,19H2,1-2H3/t23-/m1/s1. The fourth-order valence-electron chi connectivity index (χ4n) is 3.37. The Morgan fingerprint density at radius 1 is 1.00 bits per heavy atom. The molecule has 4 nitrogen and oxygen atoms in total. The molecule has 1 heterocycles. The normalized spacial score (nSPS) is 12.9. The Balaban J connectivity index is 1.90. The van der Waals surface area contributed by atoms with Crippen LogP contribution in [0.1, 0.15) is 43.6 Å². The van der Waals surface area contributed by atoms with Gasteiger partial charge in [-0.05, 0) is 0 Å². The number of benzene rings is 2. The van der Waals surface area contributed by atoms with E-state index < -0.39 is 10.0 Å². The Bertz CT molecular complexity index is 987. The molecular weight excluding hydrogens is 461 g/mol. The van der Waals surface area contributed by atoms with Crippen molar-refractivity contribution in [3.05, 3.63) is 84.3 Å². The van der Waals surface area contributed by atoms with Crippen molar-refractivity contribution in [2.45, 2.75) is 49.4 Å².